The van der Waals surface area contributed by atoms with Crippen LogP contribution in [0.3, 0.4) is 0 Å². The fraction of sp³-hybridized carbons (Fsp3) is 0.118. The molecule has 0 N–H and O–H groups in total. The van der Waals surface area contributed by atoms with Crippen molar-refractivity contribution in [1.29, 1.82) is 0 Å². The second-order valence-electron chi connectivity index (χ2n) is 4.52. The normalized spacial score (nSPS) is 10.4. The van der Waals surface area contributed by atoms with Gasteiger partial charge in [0, 0.05) is 18.0 Å². The van der Waals surface area contributed by atoms with Crippen molar-refractivity contribution in [3.63, 3.8) is 0 Å². The van der Waals surface area contributed by atoms with Crippen molar-refractivity contribution in [3.05, 3.63) is 66.5 Å². The number of ether oxygens (including phenoxy) is 2. The summed E-state index contributed by atoms with van der Waals surface area (Å²) in [6.45, 7) is 0.523. The number of rotatable bonds is 4. The van der Waals surface area contributed by atoms with Gasteiger partial charge in [-0.1, -0.05) is 18.2 Å². The third-order valence-electron chi connectivity index (χ3n) is 3.15. The lowest BCUT2D eigenvalue weighted by Gasteiger charge is -2.08. The van der Waals surface area contributed by atoms with Gasteiger partial charge in [-0.15, -0.1) is 0 Å². The van der Waals surface area contributed by atoms with Gasteiger partial charge in [-0.25, -0.2) is 0 Å². The zero-order valence-corrected chi connectivity index (χ0v) is 11.2. The van der Waals surface area contributed by atoms with Crippen LogP contribution in [0.1, 0.15) is 5.56 Å². The van der Waals surface area contributed by atoms with E-state index in [2.05, 4.69) is 4.98 Å². The smallest absolute Gasteiger partial charge is 0.120 e. The average molecular weight is 265 g/mol. The number of nitrogens with zero attached hydrogens (tertiary/aromatic N) is 1. The molecular weight excluding hydrogens is 250 g/mol. The minimum atomic E-state index is 0.523. The highest BCUT2D eigenvalue weighted by atomic mass is 16.5. The van der Waals surface area contributed by atoms with Crippen LogP contribution in [-0.2, 0) is 6.61 Å². The summed E-state index contributed by atoms with van der Waals surface area (Å²) in [6, 6.07) is 15.9. The van der Waals surface area contributed by atoms with E-state index >= 15 is 0 Å². The molecule has 2 aromatic carbocycles. The molecule has 3 nitrogen and oxygen atoms in total. The molecule has 0 spiro atoms. The van der Waals surface area contributed by atoms with Gasteiger partial charge in [-0.2, -0.15) is 0 Å². The topological polar surface area (TPSA) is 31.4 Å². The lowest BCUT2D eigenvalue weighted by Crippen LogP contribution is -1.95. The van der Waals surface area contributed by atoms with Crippen molar-refractivity contribution in [3.8, 4) is 11.5 Å². The van der Waals surface area contributed by atoms with Gasteiger partial charge in [0.25, 0.3) is 0 Å². The van der Waals surface area contributed by atoms with Gasteiger partial charge in [0.05, 0.1) is 7.11 Å². The Hall–Kier alpha value is -2.55. The highest BCUT2D eigenvalue weighted by Gasteiger charge is 2.00. The predicted octanol–water partition coefficient (Wildman–Crippen LogP) is 3.82. The first-order valence-electron chi connectivity index (χ1n) is 6.45. The zero-order chi connectivity index (χ0) is 13.8. The minimum absolute atomic E-state index is 0.523. The molecule has 0 bridgehead atoms. The van der Waals surface area contributed by atoms with Crippen LogP contribution in [-0.4, -0.2) is 12.1 Å². The zero-order valence-electron chi connectivity index (χ0n) is 11.2. The first kappa shape index (κ1) is 12.5. The van der Waals surface area contributed by atoms with Crippen molar-refractivity contribution >= 4 is 10.8 Å². The molecule has 3 aromatic rings. The summed E-state index contributed by atoms with van der Waals surface area (Å²) in [6.07, 6.45) is 3.57. The maximum atomic E-state index is 5.79. The van der Waals surface area contributed by atoms with Gasteiger partial charge < -0.3 is 9.47 Å². The molecule has 3 heteroatoms. The summed E-state index contributed by atoms with van der Waals surface area (Å²) in [4.78, 5) is 4.07. The van der Waals surface area contributed by atoms with Crippen LogP contribution in [0.25, 0.3) is 10.8 Å². The minimum Gasteiger partial charge on any atom is -0.497 e. The van der Waals surface area contributed by atoms with Crippen LogP contribution in [0.15, 0.2) is 60.9 Å². The highest BCUT2D eigenvalue weighted by Crippen LogP contribution is 2.25. The van der Waals surface area contributed by atoms with E-state index in [0.717, 1.165) is 27.8 Å². The quantitative estimate of drug-likeness (QED) is 0.718. The van der Waals surface area contributed by atoms with E-state index in [1.807, 2.05) is 54.7 Å². The Morgan fingerprint density at radius 3 is 2.40 bits per heavy atom. The van der Waals surface area contributed by atoms with Crippen molar-refractivity contribution in [2.45, 2.75) is 6.61 Å². The van der Waals surface area contributed by atoms with E-state index in [9.17, 15) is 0 Å². The number of pyridine rings is 1. The molecule has 0 aliphatic carbocycles. The Kier molecular flexibility index (Phi) is 3.50. The van der Waals surface area contributed by atoms with E-state index in [-0.39, 0.29) is 0 Å². The molecule has 0 amide bonds. The fourth-order valence-electron chi connectivity index (χ4n) is 2.07. The molecule has 20 heavy (non-hydrogen) atoms. The first-order chi connectivity index (χ1) is 9.85. The molecule has 0 aliphatic rings. The Bertz CT molecular complexity index is 711. The molecule has 0 fully saturated rings. The summed E-state index contributed by atoms with van der Waals surface area (Å²) < 4.78 is 11.0. The summed E-state index contributed by atoms with van der Waals surface area (Å²) in [5.74, 6) is 1.72. The van der Waals surface area contributed by atoms with Crippen molar-refractivity contribution < 1.29 is 9.47 Å². The van der Waals surface area contributed by atoms with Crippen molar-refractivity contribution in [2.75, 3.05) is 7.11 Å². The summed E-state index contributed by atoms with van der Waals surface area (Å²) in [5, 5.41) is 2.27. The van der Waals surface area contributed by atoms with Crippen LogP contribution in [0.4, 0.5) is 0 Å². The van der Waals surface area contributed by atoms with Crippen molar-refractivity contribution in [2.24, 2.45) is 0 Å². The Morgan fingerprint density at radius 2 is 1.70 bits per heavy atom. The molecule has 0 unspecified atom stereocenters. The van der Waals surface area contributed by atoms with Crippen LogP contribution in [0.5, 0.6) is 11.5 Å². The SMILES string of the molecule is COc1ccc2cc(OCc3cccnc3)ccc2c1. The van der Waals surface area contributed by atoms with Gasteiger partial charge in [-0.05, 0) is 41.1 Å². The number of aromatic nitrogens is 1. The first-order valence-corrected chi connectivity index (χ1v) is 6.45. The standard InChI is InChI=1S/C17H15NO2/c1-19-16-6-4-15-10-17(7-5-14(15)9-16)20-12-13-3-2-8-18-11-13/h2-11H,12H2,1H3. The molecule has 0 saturated heterocycles. The van der Waals surface area contributed by atoms with E-state index in [1.165, 1.54) is 0 Å². The van der Waals surface area contributed by atoms with Gasteiger partial charge in [-0.3, -0.25) is 4.98 Å². The molecule has 1 heterocycles. The third-order valence-corrected chi connectivity index (χ3v) is 3.15. The Morgan fingerprint density at radius 1 is 0.950 bits per heavy atom. The van der Waals surface area contributed by atoms with E-state index in [0.29, 0.717) is 6.61 Å². The van der Waals surface area contributed by atoms with E-state index < -0.39 is 0 Å². The van der Waals surface area contributed by atoms with Crippen LogP contribution in [0.2, 0.25) is 0 Å². The van der Waals surface area contributed by atoms with Gasteiger partial charge in [0.2, 0.25) is 0 Å². The van der Waals surface area contributed by atoms with Crippen LogP contribution in [0, 0.1) is 0 Å². The number of hydrogen-bond acceptors (Lipinski definition) is 3. The number of methoxy groups -OCH3 is 1. The van der Waals surface area contributed by atoms with Crippen molar-refractivity contribution in [1.82, 2.24) is 4.98 Å². The Labute approximate surface area is 117 Å². The molecule has 0 saturated carbocycles. The Balaban J connectivity index is 1.79. The monoisotopic (exact) mass is 265 g/mol. The number of benzene rings is 2. The summed E-state index contributed by atoms with van der Waals surface area (Å²) in [5.41, 5.74) is 1.06. The third kappa shape index (κ3) is 2.72. The summed E-state index contributed by atoms with van der Waals surface area (Å²) >= 11 is 0. The van der Waals surface area contributed by atoms with Crippen LogP contribution < -0.4 is 9.47 Å². The maximum Gasteiger partial charge on any atom is 0.120 e. The molecule has 1 aromatic heterocycles. The molecular formula is C17H15NO2. The molecule has 0 atom stereocenters. The van der Waals surface area contributed by atoms with Gasteiger partial charge in [0.1, 0.15) is 18.1 Å². The molecule has 100 valence electrons. The molecule has 3 rings (SSSR count). The molecule has 0 aliphatic heterocycles. The highest BCUT2D eigenvalue weighted by molar-refractivity contribution is 5.85. The predicted molar refractivity (Wildman–Crippen MR) is 79.1 cm³/mol. The number of fused-ring (bicyclic) bond motifs is 1. The largest absolute Gasteiger partial charge is 0.497 e. The van der Waals surface area contributed by atoms with E-state index in [4.69, 9.17) is 9.47 Å². The average Bonchev–Trinajstić information content (AvgIpc) is 2.53. The second-order valence-corrected chi connectivity index (χ2v) is 4.52. The lowest BCUT2D eigenvalue weighted by atomic mass is 10.1. The van der Waals surface area contributed by atoms with Gasteiger partial charge in [0.15, 0.2) is 0 Å². The number of hydrogen-bond donors (Lipinski definition) is 0. The maximum absolute atomic E-state index is 5.79. The van der Waals surface area contributed by atoms with Gasteiger partial charge >= 0.3 is 0 Å². The van der Waals surface area contributed by atoms with Crippen LogP contribution >= 0.6 is 0 Å². The fourth-order valence-corrected chi connectivity index (χ4v) is 2.07. The molecule has 0 radical (unpaired) electrons. The second kappa shape index (κ2) is 5.61. The lowest BCUT2D eigenvalue weighted by molar-refractivity contribution is 0.306. The van der Waals surface area contributed by atoms with E-state index in [1.54, 1.807) is 13.3 Å². The summed E-state index contributed by atoms with van der Waals surface area (Å²) in [7, 11) is 1.67.